The lowest BCUT2D eigenvalue weighted by Gasteiger charge is -1.98. The minimum Gasteiger partial charge on any atom is -0.421 e. The standard InChI is InChI=1S/C17H15ClN2O/c18-15-11-9-14(10-12-15)17-20-19-16(21-17)8-4-7-13-5-2-1-3-6-13/h1-3,5-6,9-12H,4,7-8H2. The Morgan fingerprint density at radius 3 is 2.38 bits per heavy atom. The van der Waals surface area contributed by atoms with Gasteiger partial charge < -0.3 is 4.42 Å². The highest BCUT2D eigenvalue weighted by Gasteiger charge is 2.08. The van der Waals surface area contributed by atoms with Crippen molar-refractivity contribution in [2.24, 2.45) is 0 Å². The van der Waals surface area contributed by atoms with Gasteiger partial charge in [0.05, 0.1) is 0 Å². The fraction of sp³-hybridized carbons (Fsp3) is 0.176. The molecule has 3 nitrogen and oxygen atoms in total. The Kier molecular flexibility index (Phi) is 4.31. The Labute approximate surface area is 128 Å². The molecule has 0 radical (unpaired) electrons. The molecule has 21 heavy (non-hydrogen) atoms. The molecule has 0 aliphatic carbocycles. The molecule has 0 aliphatic heterocycles. The van der Waals surface area contributed by atoms with Crippen LogP contribution < -0.4 is 0 Å². The van der Waals surface area contributed by atoms with E-state index in [1.807, 2.05) is 30.3 Å². The maximum Gasteiger partial charge on any atom is 0.247 e. The van der Waals surface area contributed by atoms with E-state index in [1.165, 1.54) is 5.56 Å². The number of halogens is 1. The van der Waals surface area contributed by atoms with Gasteiger partial charge in [0, 0.05) is 17.0 Å². The number of aromatic nitrogens is 2. The Morgan fingerprint density at radius 1 is 0.857 bits per heavy atom. The van der Waals surface area contributed by atoms with E-state index in [0.717, 1.165) is 24.8 Å². The molecular formula is C17H15ClN2O. The van der Waals surface area contributed by atoms with E-state index < -0.39 is 0 Å². The number of hydrogen-bond donors (Lipinski definition) is 0. The van der Waals surface area contributed by atoms with E-state index in [-0.39, 0.29) is 0 Å². The summed E-state index contributed by atoms with van der Waals surface area (Å²) in [6.07, 6.45) is 2.79. The molecule has 0 unspecified atom stereocenters. The average molecular weight is 299 g/mol. The Balaban J connectivity index is 1.59. The van der Waals surface area contributed by atoms with E-state index in [2.05, 4.69) is 34.5 Å². The van der Waals surface area contributed by atoms with Crippen LogP contribution in [-0.2, 0) is 12.8 Å². The molecule has 0 fully saturated rings. The van der Waals surface area contributed by atoms with Crippen LogP contribution in [0.3, 0.4) is 0 Å². The third-order valence-corrected chi connectivity index (χ3v) is 3.51. The van der Waals surface area contributed by atoms with Crippen molar-refractivity contribution in [3.63, 3.8) is 0 Å². The highest BCUT2D eigenvalue weighted by molar-refractivity contribution is 6.30. The number of hydrogen-bond acceptors (Lipinski definition) is 3. The topological polar surface area (TPSA) is 38.9 Å². The minimum atomic E-state index is 0.543. The molecule has 106 valence electrons. The van der Waals surface area contributed by atoms with E-state index in [1.54, 1.807) is 0 Å². The first-order valence-corrected chi connectivity index (χ1v) is 7.31. The smallest absolute Gasteiger partial charge is 0.247 e. The third kappa shape index (κ3) is 3.70. The molecule has 0 bridgehead atoms. The summed E-state index contributed by atoms with van der Waals surface area (Å²) in [5, 5.41) is 8.87. The lowest BCUT2D eigenvalue weighted by Crippen LogP contribution is -1.90. The van der Waals surface area contributed by atoms with Crippen LogP contribution in [0.25, 0.3) is 11.5 Å². The van der Waals surface area contributed by atoms with Gasteiger partial charge in [-0.25, -0.2) is 0 Å². The number of nitrogens with zero attached hydrogens (tertiary/aromatic N) is 2. The summed E-state index contributed by atoms with van der Waals surface area (Å²) in [6.45, 7) is 0. The van der Waals surface area contributed by atoms with Crippen molar-refractivity contribution in [2.75, 3.05) is 0 Å². The summed E-state index contributed by atoms with van der Waals surface area (Å²) in [5.41, 5.74) is 2.22. The van der Waals surface area contributed by atoms with Crippen molar-refractivity contribution in [1.29, 1.82) is 0 Å². The molecular weight excluding hydrogens is 284 g/mol. The summed E-state index contributed by atoms with van der Waals surface area (Å²) in [7, 11) is 0. The van der Waals surface area contributed by atoms with Gasteiger partial charge in [-0.3, -0.25) is 0 Å². The maximum atomic E-state index is 5.86. The average Bonchev–Trinajstić information content (AvgIpc) is 2.98. The normalized spacial score (nSPS) is 10.7. The molecule has 2 aromatic carbocycles. The maximum absolute atomic E-state index is 5.86. The van der Waals surface area contributed by atoms with Crippen LogP contribution >= 0.6 is 11.6 Å². The van der Waals surface area contributed by atoms with Crippen molar-refractivity contribution in [1.82, 2.24) is 10.2 Å². The van der Waals surface area contributed by atoms with E-state index in [4.69, 9.17) is 16.0 Å². The second-order valence-electron chi connectivity index (χ2n) is 4.85. The monoisotopic (exact) mass is 298 g/mol. The molecule has 0 aliphatic rings. The summed E-state index contributed by atoms with van der Waals surface area (Å²) in [4.78, 5) is 0. The van der Waals surface area contributed by atoms with Crippen molar-refractivity contribution in [3.8, 4) is 11.5 Å². The lowest BCUT2D eigenvalue weighted by molar-refractivity contribution is 0.497. The minimum absolute atomic E-state index is 0.543. The Morgan fingerprint density at radius 2 is 1.62 bits per heavy atom. The highest BCUT2D eigenvalue weighted by atomic mass is 35.5. The van der Waals surface area contributed by atoms with Crippen molar-refractivity contribution in [2.45, 2.75) is 19.3 Å². The fourth-order valence-corrected chi connectivity index (χ4v) is 2.28. The Bertz CT molecular complexity index is 692. The predicted octanol–water partition coefficient (Wildman–Crippen LogP) is 4.57. The second-order valence-corrected chi connectivity index (χ2v) is 5.28. The quantitative estimate of drug-likeness (QED) is 0.693. The van der Waals surface area contributed by atoms with Gasteiger partial charge in [-0.1, -0.05) is 41.9 Å². The molecule has 3 aromatic rings. The second kappa shape index (κ2) is 6.55. The molecule has 3 rings (SSSR count). The molecule has 0 spiro atoms. The molecule has 0 saturated carbocycles. The van der Waals surface area contributed by atoms with Gasteiger partial charge in [-0.2, -0.15) is 0 Å². The largest absolute Gasteiger partial charge is 0.421 e. The van der Waals surface area contributed by atoms with Crippen LogP contribution in [0, 0.1) is 0 Å². The van der Waals surface area contributed by atoms with E-state index in [0.29, 0.717) is 16.8 Å². The molecule has 0 N–H and O–H groups in total. The van der Waals surface area contributed by atoms with E-state index in [9.17, 15) is 0 Å². The van der Waals surface area contributed by atoms with E-state index >= 15 is 0 Å². The van der Waals surface area contributed by atoms with Crippen LogP contribution in [0.15, 0.2) is 59.0 Å². The zero-order valence-electron chi connectivity index (χ0n) is 11.5. The van der Waals surface area contributed by atoms with Crippen LogP contribution in [0.2, 0.25) is 5.02 Å². The fourth-order valence-electron chi connectivity index (χ4n) is 2.15. The van der Waals surface area contributed by atoms with Crippen LogP contribution in [0.1, 0.15) is 17.9 Å². The lowest BCUT2D eigenvalue weighted by atomic mass is 10.1. The molecule has 0 saturated heterocycles. The zero-order chi connectivity index (χ0) is 14.5. The number of aryl methyl sites for hydroxylation is 2. The summed E-state index contributed by atoms with van der Waals surface area (Å²) < 4.78 is 5.68. The number of benzene rings is 2. The SMILES string of the molecule is Clc1ccc(-c2nnc(CCCc3ccccc3)o2)cc1. The van der Waals surface area contributed by atoms with Crippen LogP contribution in [-0.4, -0.2) is 10.2 Å². The molecule has 1 heterocycles. The molecule has 0 amide bonds. The van der Waals surface area contributed by atoms with Gasteiger partial charge in [-0.15, -0.1) is 10.2 Å². The van der Waals surface area contributed by atoms with Crippen molar-refractivity contribution < 1.29 is 4.42 Å². The van der Waals surface area contributed by atoms with Gasteiger partial charge in [0.2, 0.25) is 11.8 Å². The van der Waals surface area contributed by atoms with Crippen molar-refractivity contribution >= 4 is 11.6 Å². The van der Waals surface area contributed by atoms with Gasteiger partial charge >= 0.3 is 0 Å². The summed E-state index contributed by atoms with van der Waals surface area (Å²) in [5.74, 6) is 1.22. The predicted molar refractivity (Wildman–Crippen MR) is 83.2 cm³/mol. The molecule has 4 heteroatoms. The van der Waals surface area contributed by atoms with Gasteiger partial charge in [0.1, 0.15) is 0 Å². The summed E-state index contributed by atoms with van der Waals surface area (Å²) in [6, 6.07) is 17.8. The zero-order valence-corrected chi connectivity index (χ0v) is 12.3. The third-order valence-electron chi connectivity index (χ3n) is 3.26. The number of rotatable bonds is 5. The van der Waals surface area contributed by atoms with Crippen LogP contribution in [0.5, 0.6) is 0 Å². The Hall–Kier alpha value is -2.13. The first-order chi connectivity index (χ1) is 10.3. The molecule has 1 aromatic heterocycles. The van der Waals surface area contributed by atoms with Gasteiger partial charge in [0.25, 0.3) is 0 Å². The van der Waals surface area contributed by atoms with Gasteiger partial charge in [-0.05, 0) is 42.7 Å². The first kappa shape index (κ1) is 13.8. The van der Waals surface area contributed by atoms with Gasteiger partial charge in [0.15, 0.2) is 0 Å². The first-order valence-electron chi connectivity index (χ1n) is 6.93. The molecule has 0 atom stereocenters. The summed E-state index contributed by atoms with van der Waals surface area (Å²) >= 11 is 5.86. The van der Waals surface area contributed by atoms with Crippen molar-refractivity contribution in [3.05, 3.63) is 71.1 Å². The highest BCUT2D eigenvalue weighted by Crippen LogP contribution is 2.20. The van der Waals surface area contributed by atoms with Crippen LogP contribution in [0.4, 0.5) is 0 Å².